The van der Waals surface area contributed by atoms with Crippen LogP contribution in [0.15, 0.2) is 30.4 Å². The van der Waals surface area contributed by atoms with Crippen molar-refractivity contribution in [1.29, 1.82) is 0 Å². The van der Waals surface area contributed by atoms with Gasteiger partial charge in [-0.05, 0) is 45.0 Å². The highest BCUT2D eigenvalue weighted by atomic mass is 16.6. The summed E-state index contributed by atoms with van der Waals surface area (Å²) in [5.41, 5.74) is 1.36. The fourth-order valence-electron chi connectivity index (χ4n) is 2.88. The Kier molecular flexibility index (Phi) is 8.94. The van der Waals surface area contributed by atoms with Gasteiger partial charge in [0.05, 0.1) is 4.92 Å². The monoisotopic (exact) mass is 407 g/mol. The highest BCUT2D eigenvalue weighted by Gasteiger charge is 2.27. The Hall–Kier alpha value is -3.27. The first-order chi connectivity index (χ1) is 13.5. The first kappa shape index (κ1) is 23.8. The van der Waals surface area contributed by atoms with E-state index in [1.807, 2.05) is 14.1 Å². The second-order valence-electron chi connectivity index (χ2n) is 6.96. The van der Waals surface area contributed by atoms with Gasteiger partial charge in [-0.2, -0.15) is 0 Å². The number of carboxylic acids is 2. The summed E-state index contributed by atoms with van der Waals surface area (Å²) in [6.45, 7) is 1.66. The molecule has 1 aliphatic heterocycles. The number of fused-ring (bicyclic) bond motifs is 1. The van der Waals surface area contributed by atoms with E-state index in [2.05, 4.69) is 4.90 Å². The van der Waals surface area contributed by atoms with Gasteiger partial charge >= 0.3 is 11.9 Å². The lowest BCUT2D eigenvalue weighted by molar-refractivity contribution is -0.384. The number of non-ortho nitro benzene ring substituents is 1. The van der Waals surface area contributed by atoms with Crippen LogP contribution < -0.4 is 0 Å². The van der Waals surface area contributed by atoms with E-state index in [-0.39, 0.29) is 11.6 Å². The van der Waals surface area contributed by atoms with Gasteiger partial charge in [0, 0.05) is 43.4 Å². The van der Waals surface area contributed by atoms with Crippen LogP contribution in [0.1, 0.15) is 22.3 Å². The van der Waals surface area contributed by atoms with Gasteiger partial charge < -0.3 is 20.0 Å². The number of rotatable bonds is 6. The molecule has 10 heteroatoms. The molecule has 2 rings (SSSR count). The Morgan fingerprint density at radius 2 is 1.86 bits per heavy atom. The van der Waals surface area contributed by atoms with Gasteiger partial charge in [0.15, 0.2) is 0 Å². The molecule has 0 aromatic heterocycles. The fourth-order valence-corrected chi connectivity index (χ4v) is 2.88. The van der Waals surface area contributed by atoms with E-state index in [0.29, 0.717) is 30.2 Å². The van der Waals surface area contributed by atoms with E-state index in [1.165, 1.54) is 12.1 Å². The second-order valence-corrected chi connectivity index (χ2v) is 6.96. The normalized spacial score (nSPS) is 16.1. The lowest BCUT2D eigenvalue weighted by Crippen LogP contribution is -2.31. The largest absolute Gasteiger partial charge is 0.478 e. The summed E-state index contributed by atoms with van der Waals surface area (Å²) in [4.78, 5) is 45.7. The van der Waals surface area contributed by atoms with Gasteiger partial charge in [0.25, 0.3) is 11.6 Å². The quantitative estimate of drug-likeness (QED) is 0.410. The van der Waals surface area contributed by atoms with Crippen LogP contribution in [0, 0.1) is 16.0 Å². The molecule has 10 nitrogen and oxygen atoms in total. The Bertz CT molecular complexity index is 789. The van der Waals surface area contributed by atoms with Crippen LogP contribution in [0.3, 0.4) is 0 Å². The minimum atomic E-state index is -1.26. The zero-order chi connectivity index (χ0) is 22.1. The van der Waals surface area contributed by atoms with E-state index in [4.69, 9.17) is 10.2 Å². The molecule has 2 N–H and O–H groups in total. The first-order valence-electron chi connectivity index (χ1n) is 8.82. The predicted octanol–water partition coefficient (Wildman–Crippen LogP) is 1.50. The van der Waals surface area contributed by atoms with Gasteiger partial charge in [0.2, 0.25) is 0 Å². The summed E-state index contributed by atoms with van der Waals surface area (Å²) in [5, 5.41) is 26.5. The third-order valence-corrected chi connectivity index (χ3v) is 4.28. The highest BCUT2D eigenvalue weighted by molar-refractivity contribution is 5.96. The van der Waals surface area contributed by atoms with Crippen LogP contribution in [0.2, 0.25) is 0 Å². The lowest BCUT2D eigenvalue weighted by Gasteiger charge is -2.21. The Morgan fingerprint density at radius 3 is 2.34 bits per heavy atom. The predicted molar refractivity (Wildman–Crippen MR) is 105 cm³/mol. The molecule has 1 atom stereocenters. The smallest absolute Gasteiger partial charge is 0.328 e. The van der Waals surface area contributed by atoms with Crippen molar-refractivity contribution in [2.45, 2.75) is 12.8 Å². The zero-order valence-electron chi connectivity index (χ0n) is 16.6. The molecule has 0 spiro atoms. The highest BCUT2D eigenvalue weighted by Crippen LogP contribution is 2.26. The fraction of sp³-hybridized carbons (Fsp3) is 0.421. The molecule has 1 unspecified atom stereocenters. The summed E-state index contributed by atoms with van der Waals surface area (Å²) >= 11 is 0. The number of nitro benzene ring substituents is 1. The third-order valence-electron chi connectivity index (χ3n) is 4.28. The molecule has 1 aromatic rings. The Labute approximate surface area is 168 Å². The van der Waals surface area contributed by atoms with E-state index < -0.39 is 16.9 Å². The topological polar surface area (TPSA) is 141 Å². The summed E-state index contributed by atoms with van der Waals surface area (Å²) in [6.07, 6.45) is 2.91. The summed E-state index contributed by atoms with van der Waals surface area (Å²) in [6, 6.07) is 4.62. The molecular formula is C19H25N3O7. The van der Waals surface area contributed by atoms with Gasteiger partial charge in [-0.1, -0.05) is 6.07 Å². The number of hydrogen-bond donors (Lipinski definition) is 2. The molecule has 1 heterocycles. The number of carbonyl (C=O) groups is 3. The molecule has 0 aliphatic carbocycles. The number of carbonyl (C=O) groups excluding carboxylic acids is 1. The number of amides is 1. The summed E-state index contributed by atoms with van der Waals surface area (Å²) in [7, 11) is 5.82. The van der Waals surface area contributed by atoms with Crippen LogP contribution >= 0.6 is 0 Å². The van der Waals surface area contributed by atoms with Crippen LogP contribution in [0.25, 0.3) is 0 Å². The molecule has 0 saturated heterocycles. The number of nitro groups is 1. The number of hydrogen-bond acceptors (Lipinski definition) is 6. The SMILES string of the molecule is CN(C)CCC1Cc2ccc([N+](=O)[O-])cc2C(=O)N(C)C1.O=C(O)C=CC(=O)O. The van der Waals surface area contributed by atoms with Crippen LogP contribution in [-0.2, 0) is 16.0 Å². The summed E-state index contributed by atoms with van der Waals surface area (Å²) in [5.74, 6) is -2.26. The molecule has 0 bridgehead atoms. The van der Waals surface area contributed by atoms with Crippen molar-refractivity contribution in [2.24, 2.45) is 5.92 Å². The molecule has 1 amide bonds. The molecule has 0 saturated carbocycles. The maximum atomic E-state index is 12.4. The van der Waals surface area contributed by atoms with Crippen molar-refractivity contribution >= 4 is 23.5 Å². The number of carboxylic acid groups (broad SMARTS) is 2. The minimum Gasteiger partial charge on any atom is -0.478 e. The maximum absolute atomic E-state index is 12.4. The molecule has 158 valence electrons. The van der Waals surface area contributed by atoms with Crippen molar-refractivity contribution in [2.75, 3.05) is 34.2 Å². The van der Waals surface area contributed by atoms with Crippen molar-refractivity contribution < 1.29 is 29.5 Å². The van der Waals surface area contributed by atoms with Crippen LogP contribution in [0.4, 0.5) is 5.69 Å². The number of benzene rings is 1. The van der Waals surface area contributed by atoms with Gasteiger partial charge in [-0.3, -0.25) is 14.9 Å². The summed E-state index contributed by atoms with van der Waals surface area (Å²) < 4.78 is 0. The minimum absolute atomic E-state index is 0.0257. The Morgan fingerprint density at radius 1 is 1.28 bits per heavy atom. The molecule has 29 heavy (non-hydrogen) atoms. The van der Waals surface area contributed by atoms with E-state index in [1.54, 1.807) is 18.0 Å². The van der Waals surface area contributed by atoms with Crippen molar-refractivity contribution in [3.63, 3.8) is 0 Å². The van der Waals surface area contributed by atoms with E-state index in [0.717, 1.165) is 24.9 Å². The standard InChI is InChI=1S/C15H21N3O3.C4H4O4/c1-16(2)7-6-11-8-12-4-5-13(18(20)21)9-14(12)15(19)17(3)10-11;5-3(6)1-2-4(7)8/h4-5,9,11H,6-8,10H2,1-3H3;1-2H,(H,5,6)(H,7,8). The van der Waals surface area contributed by atoms with Gasteiger partial charge in [-0.25, -0.2) is 9.59 Å². The van der Waals surface area contributed by atoms with Crippen molar-refractivity contribution in [1.82, 2.24) is 9.80 Å². The average molecular weight is 407 g/mol. The molecule has 0 fully saturated rings. The second kappa shape index (κ2) is 10.9. The zero-order valence-corrected chi connectivity index (χ0v) is 16.6. The number of aliphatic carboxylic acids is 2. The third kappa shape index (κ3) is 8.09. The Balaban J connectivity index is 0.000000447. The molecule has 1 aliphatic rings. The van der Waals surface area contributed by atoms with E-state index in [9.17, 15) is 24.5 Å². The maximum Gasteiger partial charge on any atom is 0.328 e. The van der Waals surface area contributed by atoms with Crippen molar-refractivity contribution in [3.8, 4) is 0 Å². The van der Waals surface area contributed by atoms with Gasteiger partial charge in [0.1, 0.15) is 0 Å². The number of nitrogens with zero attached hydrogens (tertiary/aromatic N) is 3. The van der Waals surface area contributed by atoms with Crippen molar-refractivity contribution in [3.05, 3.63) is 51.6 Å². The van der Waals surface area contributed by atoms with Gasteiger partial charge in [-0.15, -0.1) is 0 Å². The lowest BCUT2D eigenvalue weighted by atomic mass is 9.94. The average Bonchev–Trinajstić information content (AvgIpc) is 2.75. The van der Waals surface area contributed by atoms with Crippen LogP contribution in [-0.4, -0.2) is 77.0 Å². The van der Waals surface area contributed by atoms with Crippen LogP contribution in [0.5, 0.6) is 0 Å². The molecule has 0 radical (unpaired) electrons. The van der Waals surface area contributed by atoms with E-state index >= 15 is 0 Å². The molecular weight excluding hydrogens is 382 g/mol. The first-order valence-corrected chi connectivity index (χ1v) is 8.82. The molecule has 1 aromatic carbocycles.